The minimum Gasteiger partial charge on any atom is -0.118 e. The van der Waals surface area contributed by atoms with E-state index in [0.717, 1.165) is 22.6 Å². The van der Waals surface area contributed by atoms with Crippen molar-refractivity contribution in [3.63, 3.8) is 0 Å². The van der Waals surface area contributed by atoms with Crippen molar-refractivity contribution in [1.82, 2.24) is 0 Å². The Bertz CT molecular complexity index is 305. The van der Waals surface area contributed by atoms with Crippen molar-refractivity contribution in [2.75, 3.05) is 0 Å². The maximum atomic E-state index is 6.27. The zero-order chi connectivity index (χ0) is 10.7. The Balaban J connectivity index is 2.80. The van der Waals surface area contributed by atoms with Gasteiger partial charge in [-0.05, 0) is 36.5 Å². The lowest BCUT2D eigenvalue weighted by molar-refractivity contribution is 0.575. The van der Waals surface area contributed by atoms with Gasteiger partial charge >= 0.3 is 0 Å². The molecule has 2 heteroatoms. The molecule has 0 aliphatic carbocycles. The molecule has 0 bridgehead atoms. The van der Waals surface area contributed by atoms with Crippen LogP contribution in [-0.4, -0.2) is 0 Å². The van der Waals surface area contributed by atoms with E-state index >= 15 is 0 Å². The molecular formula is C12H16Cl2. The Labute approximate surface area is 96.2 Å². The maximum Gasteiger partial charge on any atom is 0.0588 e. The first kappa shape index (κ1) is 11.9. The molecular weight excluding hydrogens is 215 g/mol. The SMILES string of the molecule is Cc1ccc(C(Cl)CC(C)C)cc1Cl. The summed E-state index contributed by atoms with van der Waals surface area (Å²) in [6.07, 6.45) is 0.987. The Morgan fingerprint density at radius 3 is 2.43 bits per heavy atom. The Kier molecular flexibility index (Phi) is 4.28. The highest BCUT2D eigenvalue weighted by Crippen LogP contribution is 2.30. The lowest BCUT2D eigenvalue weighted by Gasteiger charge is -2.13. The fourth-order valence-electron chi connectivity index (χ4n) is 1.35. The van der Waals surface area contributed by atoms with Gasteiger partial charge in [-0.3, -0.25) is 0 Å². The monoisotopic (exact) mass is 230 g/mol. The van der Waals surface area contributed by atoms with Gasteiger partial charge in [0.15, 0.2) is 0 Å². The highest BCUT2D eigenvalue weighted by atomic mass is 35.5. The molecule has 0 fully saturated rings. The molecule has 0 aliphatic heterocycles. The van der Waals surface area contributed by atoms with Gasteiger partial charge in [-0.1, -0.05) is 37.6 Å². The minimum atomic E-state index is 0.0769. The number of benzene rings is 1. The summed E-state index contributed by atoms with van der Waals surface area (Å²) in [6, 6.07) is 6.05. The molecule has 0 radical (unpaired) electrons. The second-order valence-corrected chi connectivity index (χ2v) is 5.04. The van der Waals surface area contributed by atoms with Crippen LogP contribution in [0.4, 0.5) is 0 Å². The largest absolute Gasteiger partial charge is 0.118 e. The van der Waals surface area contributed by atoms with Crippen LogP contribution in [0.25, 0.3) is 0 Å². The van der Waals surface area contributed by atoms with Gasteiger partial charge in [0, 0.05) is 5.02 Å². The molecule has 0 aliphatic rings. The third-order valence-corrected chi connectivity index (χ3v) is 3.07. The van der Waals surface area contributed by atoms with Crippen molar-refractivity contribution in [3.8, 4) is 0 Å². The molecule has 1 rings (SSSR count). The van der Waals surface area contributed by atoms with E-state index in [-0.39, 0.29) is 5.38 Å². The molecule has 78 valence electrons. The van der Waals surface area contributed by atoms with Crippen LogP contribution in [0.1, 0.15) is 36.8 Å². The number of rotatable bonds is 3. The van der Waals surface area contributed by atoms with Crippen molar-refractivity contribution >= 4 is 23.2 Å². The van der Waals surface area contributed by atoms with Gasteiger partial charge in [0.1, 0.15) is 0 Å². The molecule has 1 aromatic carbocycles. The molecule has 0 saturated carbocycles. The molecule has 0 nitrogen and oxygen atoms in total. The van der Waals surface area contributed by atoms with Gasteiger partial charge in [0.2, 0.25) is 0 Å². The number of hydrogen-bond acceptors (Lipinski definition) is 0. The van der Waals surface area contributed by atoms with Crippen LogP contribution in [-0.2, 0) is 0 Å². The summed E-state index contributed by atoms with van der Waals surface area (Å²) in [5.74, 6) is 0.609. The van der Waals surface area contributed by atoms with Crippen molar-refractivity contribution in [2.45, 2.75) is 32.6 Å². The lowest BCUT2D eigenvalue weighted by atomic mass is 10.0. The third-order valence-electron chi connectivity index (χ3n) is 2.24. The first-order valence-corrected chi connectivity index (χ1v) is 5.72. The number of hydrogen-bond donors (Lipinski definition) is 0. The first-order chi connectivity index (χ1) is 6.50. The standard InChI is InChI=1S/C12H16Cl2/c1-8(2)6-12(14)10-5-4-9(3)11(13)7-10/h4-5,7-8,12H,6H2,1-3H3. The second-order valence-electron chi connectivity index (χ2n) is 4.11. The topological polar surface area (TPSA) is 0 Å². The highest BCUT2D eigenvalue weighted by molar-refractivity contribution is 6.31. The summed E-state index contributed by atoms with van der Waals surface area (Å²) < 4.78 is 0. The third kappa shape index (κ3) is 3.18. The molecule has 1 unspecified atom stereocenters. The van der Waals surface area contributed by atoms with Crippen LogP contribution in [0.2, 0.25) is 5.02 Å². The van der Waals surface area contributed by atoms with Crippen molar-refractivity contribution < 1.29 is 0 Å². The molecule has 0 spiro atoms. The molecule has 0 N–H and O–H groups in total. The highest BCUT2D eigenvalue weighted by Gasteiger charge is 2.10. The van der Waals surface area contributed by atoms with Crippen LogP contribution in [0.3, 0.4) is 0 Å². The fraction of sp³-hybridized carbons (Fsp3) is 0.500. The van der Waals surface area contributed by atoms with E-state index in [1.165, 1.54) is 0 Å². The quantitative estimate of drug-likeness (QED) is 0.644. The minimum absolute atomic E-state index is 0.0769. The Morgan fingerprint density at radius 2 is 1.93 bits per heavy atom. The average molecular weight is 231 g/mol. The van der Waals surface area contributed by atoms with Gasteiger partial charge in [0.05, 0.1) is 5.38 Å². The van der Waals surface area contributed by atoms with Gasteiger partial charge in [-0.2, -0.15) is 0 Å². The van der Waals surface area contributed by atoms with E-state index in [4.69, 9.17) is 23.2 Å². The summed E-state index contributed by atoms with van der Waals surface area (Å²) in [4.78, 5) is 0. The van der Waals surface area contributed by atoms with Gasteiger partial charge < -0.3 is 0 Å². The molecule has 1 aromatic rings. The lowest BCUT2D eigenvalue weighted by Crippen LogP contribution is -1.96. The molecule has 0 saturated heterocycles. The van der Waals surface area contributed by atoms with E-state index in [2.05, 4.69) is 19.9 Å². The van der Waals surface area contributed by atoms with E-state index in [1.54, 1.807) is 0 Å². The fourth-order valence-corrected chi connectivity index (χ4v) is 2.03. The number of halogens is 2. The summed E-state index contributed by atoms with van der Waals surface area (Å²) in [5, 5.41) is 0.880. The zero-order valence-electron chi connectivity index (χ0n) is 8.85. The average Bonchev–Trinajstić information content (AvgIpc) is 2.08. The van der Waals surface area contributed by atoms with Gasteiger partial charge in [-0.25, -0.2) is 0 Å². The van der Waals surface area contributed by atoms with Crippen LogP contribution in [0.5, 0.6) is 0 Å². The molecule has 14 heavy (non-hydrogen) atoms. The van der Waals surface area contributed by atoms with E-state index in [1.807, 2.05) is 19.1 Å². The predicted molar refractivity (Wildman–Crippen MR) is 64.2 cm³/mol. The zero-order valence-corrected chi connectivity index (χ0v) is 10.4. The summed E-state index contributed by atoms with van der Waals surface area (Å²) in [5.41, 5.74) is 2.22. The summed E-state index contributed by atoms with van der Waals surface area (Å²) in [6.45, 7) is 6.34. The van der Waals surface area contributed by atoms with E-state index in [9.17, 15) is 0 Å². The van der Waals surface area contributed by atoms with Crippen LogP contribution in [0.15, 0.2) is 18.2 Å². The molecule has 0 amide bonds. The molecule has 0 heterocycles. The van der Waals surface area contributed by atoms with Crippen molar-refractivity contribution in [2.24, 2.45) is 5.92 Å². The second kappa shape index (κ2) is 5.04. The van der Waals surface area contributed by atoms with Crippen LogP contribution < -0.4 is 0 Å². The summed E-state index contributed by atoms with van der Waals surface area (Å²) >= 11 is 12.3. The molecule has 0 aromatic heterocycles. The van der Waals surface area contributed by atoms with E-state index in [0.29, 0.717) is 5.92 Å². The number of alkyl halides is 1. The number of aryl methyl sites for hydroxylation is 1. The molecule has 1 atom stereocenters. The van der Waals surface area contributed by atoms with Crippen molar-refractivity contribution in [1.29, 1.82) is 0 Å². The smallest absolute Gasteiger partial charge is 0.0588 e. The maximum absolute atomic E-state index is 6.27. The van der Waals surface area contributed by atoms with Crippen LogP contribution >= 0.6 is 23.2 Å². The van der Waals surface area contributed by atoms with Gasteiger partial charge in [0.25, 0.3) is 0 Å². The Morgan fingerprint density at radius 1 is 1.29 bits per heavy atom. The van der Waals surface area contributed by atoms with Gasteiger partial charge in [-0.15, -0.1) is 11.6 Å². The first-order valence-electron chi connectivity index (χ1n) is 4.91. The predicted octanol–water partition coefficient (Wildman–Crippen LogP) is 4.97. The normalized spacial score (nSPS) is 13.3. The summed E-state index contributed by atoms with van der Waals surface area (Å²) in [7, 11) is 0. The van der Waals surface area contributed by atoms with E-state index < -0.39 is 0 Å². The van der Waals surface area contributed by atoms with Crippen molar-refractivity contribution in [3.05, 3.63) is 34.3 Å². The van der Waals surface area contributed by atoms with Crippen LogP contribution in [0, 0.1) is 12.8 Å². The Hall–Kier alpha value is -0.200.